The van der Waals surface area contributed by atoms with Crippen LogP contribution in [-0.4, -0.2) is 49.0 Å². The van der Waals surface area contributed by atoms with Gasteiger partial charge in [0.15, 0.2) is 17.5 Å². The molecule has 2 aromatic rings. The van der Waals surface area contributed by atoms with Gasteiger partial charge in [-0.15, -0.1) is 24.0 Å². The van der Waals surface area contributed by atoms with Gasteiger partial charge in [0.25, 0.3) is 5.91 Å². The standard InChI is InChI=1S/C25H33FN4O2.HI/c1-3-27-25(28-17-19(2)32-23-13-6-5-12-22(23)26)29-18-20-10-9-11-21(16-20)24(31)30-14-7-4-8-15-30;/h5-6,9-13,16,19H,3-4,7-8,14-15,17-18H2,1-2H3,(H2,27,28,29);1H. The topological polar surface area (TPSA) is 66.0 Å². The van der Waals surface area contributed by atoms with Crippen LogP contribution in [0.4, 0.5) is 4.39 Å². The highest BCUT2D eigenvalue weighted by atomic mass is 127. The number of likely N-dealkylation sites (tertiary alicyclic amines) is 1. The maximum Gasteiger partial charge on any atom is 0.253 e. The molecule has 1 heterocycles. The van der Waals surface area contributed by atoms with Gasteiger partial charge in [0, 0.05) is 25.2 Å². The summed E-state index contributed by atoms with van der Waals surface area (Å²) in [5, 5.41) is 6.44. The van der Waals surface area contributed by atoms with Gasteiger partial charge < -0.3 is 20.3 Å². The number of nitrogens with one attached hydrogen (secondary N) is 2. The van der Waals surface area contributed by atoms with Gasteiger partial charge in [-0.1, -0.05) is 24.3 Å². The summed E-state index contributed by atoms with van der Waals surface area (Å²) in [6.07, 6.45) is 3.10. The Kier molecular flexibility index (Phi) is 11.4. The third-order valence-corrected chi connectivity index (χ3v) is 5.30. The van der Waals surface area contributed by atoms with Gasteiger partial charge in [-0.3, -0.25) is 4.79 Å². The number of hydrogen-bond donors (Lipinski definition) is 2. The van der Waals surface area contributed by atoms with Crippen molar-refractivity contribution >= 4 is 35.8 Å². The molecule has 0 aliphatic carbocycles. The van der Waals surface area contributed by atoms with Crippen LogP contribution in [0.15, 0.2) is 53.5 Å². The highest BCUT2D eigenvalue weighted by Gasteiger charge is 2.18. The van der Waals surface area contributed by atoms with E-state index in [1.807, 2.05) is 43.0 Å². The summed E-state index contributed by atoms with van der Waals surface area (Å²) in [6.45, 7) is 7.16. The number of aliphatic imine (C=N–C) groups is 1. The molecule has 0 aromatic heterocycles. The third kappa shape index (κ3) is 8.49. The summed E-state index contributed by atoms with van der Waals surface area (Å²) in [5.74, 6) is 0.599. The number of nitrogens with zero attached hydrogens (tertiary/aromatic N) is 2. The number of ether oxygens (including phenoxy) is 1. The maximum atomic E-state index is 13.8. The fraction of sp³-hybridized carbons (Fsp3) is 0.440. The van der Waals surface area contributed by atoms with Crippen molar-refractivity contribution in [2.45, 2.75) is 45.8 Å². The number of rotatable bonds is 8. The van der Waals surface area contributed by atoms with Gasteiger partial charge in [-0.25, -0.2) is 9.38 Å². The summed E-state index contributed by atoms with van der Waals surface area (Å²) in [5.41, 5.74) is 1.69. The molecule has 2 aromatic carbocycles. The molecular weight excluding hydrogens is 534 g/mol. The second-order valence-corrected chi connectivity index (χ2v) is 7.99. The predicted molar refractivity (Wildman–Crippen MR) is 141 cm³/mol. The van der Waals surface area contributed by atoms with Crippen molar-refractivity contribution in [2.75, 3.05) is 26.2 Å². The number of hydrogen-bond acceptors (Lipinski definition) is 3. The average molecular weight is 568 g/mol. The summed E-state index contributed by atoms with van der Waals surface area (Å²) >= 11 is 0. The first kappa shape index (κ1) is 26.9. The number of halogens is 2. The smallest absolute Gasteiger partial charge is 0.253 e. The molecule has 1 atom stereocenters. The zero-order chi connectivity index (χ0) is 22.8. The first-order chi connectivity index (χ1) is 15.6. The van der Waals surface area contributed by atoms with Crippen LogP contribution in [0, 0.1) is 5.82 Å². The highest BCUT2D eigenvalue weighted by molar-refractivity contribution is 14.0. The van der Waals surface area contributed by atoms with Crippen LogP contribution in [0.5, 0.6) is 5.75 Å². The predicted octanol–water partition coefficient (Wildman–Crippen LogP) is 4.59. The second-order valence-electron chi connectivity index (χ2n) is 7.99. The molecule has 1 fully saturated rings. The molecule has 1 saturated heterocycles. The number of para-hydroxylation sites is 1. The molecule has 1 amide bonds. The van der Waals surface area contributed by atoms with E-state index in [4.69, 9.17) is 4.74 Å². The Bertz CT molecular complexity index is 919. The molecule has 8 heteroatoms. The van der Waals surface area contributed by atoms with Crippen LogP contribution in [-0.2, 0) is 6.54 Å². The summed E-state index contributed by atoms with van der Waals surface area (Å²) in [4.78, 5) is 19.3. The van der Waals surface area contributed by atoms with Gasteiger partial charge in [-0.05, 0) is 62.9 Å². The molecule has 6 nitrogen and oxygen atoms in total. The van der Waals surface area contributed by atoms with Gasteiger partial charge >= 0.3 is 0 Å². The van der Waals surface area contributed by atoms with Crippen LogP contribution < -0.4 is 15.4 Å². The molecule has 0 bridgehead atoms. The molecule has 0 spiro atoms. The molecule has 180 valence electrons. The molecular formula is C25H34FIN4O2. The highest BCUT2D eigenvalue weighted by Crippen LogP contribution is 2.17. The number of benzene rings is 2. The number of guanidine groups is 1. The Morgan fingerprint density at radius 3 is 2.61 bits per heavy atom. The van der Waals surface area contributed by atoms with Gasteiger partial charge in [0.2, 0.25) is 0 Å². The van der Waals surface area contributed by atoms with E-state index < -0.39 is 0 Å². The lowest BCUT2D eigenvalue weighted by atomic mass is 10.1. The fourth-order valence-electron chi connectivity index (χ4n) is 3.63. The third-order valence-electron chi connectivity index (χ3n) is 5.30. The van der Waals surface area contributed by atoms with E-state index in [1.54, 1.807) is 18.2 Å². The van der Waals surface area contributed by atoms with Crippen molar-refractivity contribution in [2.24, 2.45) is 4.99 Å². The van der Waals surface area contributed by atoms with Gasteiger partial charge in [0.05, 0.1) is 13.1 Å². The SMILES string of the molecule is CCNC(=NCc1cccc(C(=O)N2CCCCC2)c1)NCC(C)Oc1ccccc1F.I. The summed E-state index contributed by atoms with van der Waals surface area (Å²) in [6, 6.07) is 14.1. The number of carbonyl (C=O) groups excluding carboxylic acids is 1. The molecule has 33 heavy (non-hydrogen) atoms. The summed E-state index contributed by atoms with van der Waals surface area (Å²) in [7, 11) is 0. The minimum Gasteiger partial charge on any atom is -0.486 e. The molecule has 1 unspecified atom stereocenters. The Morgan fingerprint density at radius 1 is 1.12 bits per heavy atom. The molecule has 2 N–H and O–H groups in total. The van der Waals surface area contributed by atoms with Crippen molar-refractivity contribution in [1.29, 1.82) is 0 Å². The zero-order valence-electron chi connectivity index (χ0n) is 19.4. The van der Waals surface area contributed by atoms with Gasteiger partial charge in [0.1, 0.15) is 6.10 Å². The number of amides is 1. The molecule has 0 radical (unpaired) electrons. The minimum absolute atomic E-state index is 0. The van der Waals surface area contributed by atoms with E-state index >= 15 is 0 Å². The van der Waals surface area contributed by atoms with Crippen molar-refractivity contribution in [3.05, 3.63) is 65.5 Å². The molecule has 1 aliphatic heterocycles. The van der Waals surface area contributed by atoms with Crippen LogP contribution in [0.2, 0.25) is 0 Å². The Balaban J connectivity index is 0.00000385. The van der Waals surface area contributed by atoms with Crippen LogP contribution in [0.25, 0.3) is 0 Å². The van der Waals surface area contributed by atoms with Crippen molar-refractivity contribution < 1.29 is 13.9 Å². The summed E-state index contributed by atoms with van der Waals surface area (Å²) < 4.78 is 19.5. The van der Waals surface area contributed by atoms with Crippen LogP contribution in [0.1, 0.15) is 49.0 Å². The lowest BCUT2D eigenvalue weighted by molar-refractivity contribution is 0.0724. The largest absolute Gasteiger partial charge is 0.486 e. The average Bonchev–Trinajstić information content (AvgIpc) is 2.82. The van der Waals surface area contributed by atoms with E-state index in [-0.39, 0.29) is 47.6 Å². The Labute approximate surface area is 213 Å². The van der Waals surface area contributed by atoms with Gasteiger partial charge in [-0.2, -0.15) is 0 Å². The van der Waals surface area contributed by atoms with Crippen LogP contribution >= 0.6 is 24.0 Å². The Hall–Kier alpha value is -2.36. The first-order valence-electron chi connectivity index (χ1n) is 11.4. The molecule has 3 rings (SSSR count). The van der Waals surface area contributed by atoms with E-state index in [1.165, 1.54) is 12.5 Å². The number of carbonyl (C=O) groups is 1. The molecule has 0 saturated carbocycles. The van der Waals surface area contributed by atoms with Crippen molar-refractivity contribution in [3.8, 4) is 5.75 Å². The number of piperidine rings is 1. The van der Waals surface area contributed by atoms with E-state index in [0.29, 0.717) is 31.2 Å². The van der Waals surface area contributed by atoms with Crippen molar-refractivity contribution in [3.63, 3.8) is 0 Å². The second kappa shape index (κ2) is 14.0. The molecule has 1 aliphatic rings. The quantitative estimate of drug-likeness (QED) is 0.278. The normalized spacial score (nSPS) is 14.8. The minimum atomic E-state index is -0.376. The van der Waals surface area contributed by atoms with E-state index in [0.717, 1.165) is 31.5 Å². The van der Waals surface area contributed by atoms with E-state index in [2.05, 4.69) is 15.6 Å². The van der Waals surface area contributed by atoms with Crippen LogP contribution in [0.3, 0.4) is 0 Å². The van der Waals surface area contributed by atoms with E-state index in [9.17, 15) is 9.18 Å². The maximum absolute atomic E-state index is 13.8. The monoisotopic (exact) mass is 568 g/mol. The van der Waals surface area contributed by atoms with Crippen molar-refractivity contribution in [1.82, 2.24) is 15.5 Å². The zero-order valence-corrected chi connectivity index (χ0v) is 21.7. The first-order valence-corrected chi connectivity index (χ1v) is 11.4. The Morgan fingerprint density at radius 2 is 1.88 bits per heavy atom. The fourth-order valence-corrected chi connectivity index (χ4v) is 3.63. The lowest BCUT2D eigenvalue weighted by Gasteiger charge is -2.26. The lowest BCUT2D eigenvalue weighted by Crippen LogP contribution is -2.41.